The standard InChI is InChI=1S/C24H25N5O2S/c1-31-23-12-6-16(14-25-23)15-5-11-19-20(13-15)32-24(27-19)29-22-4-2-3-21(28-22)26-17-7-9-18(30)10-8-17/h2-6,11-14,17-18,30H,7-10H2,1H3,(H2,26,27,28,29)/t17-,18-. The van der Waals surface area contributed by atoms with Crippen LogP contribution < -0.4 is 15.4 Å². The zero-order valence-electron chi connectivity index (χ0n) is 17.8. The average molecular weight is 448 g/mol. The highest BCUT2D eigenvalue weighted by atomic mass is 32.1. The third kappa shape index (κ3) is 4.66. The molecule has 0 aliphatic heterocycles. The van der Waals surface area contributed by atoms with Crippen LogP contribution in [0.5, 0.6) is 5.88 Å². The highest BCUT2D eigenvalue weighted by Crippen LogP contribution is 2.32. The Labute approximate surface area is 190 Å². The SMILES string of the molecule is COc1ccc(-c2ccc3nc(Nc4cccc(N[C@H]5CC[C@H](O)CC5)n4)sc3c2)cn1. The van der Waals surface area contributed by atoms with E-state index < -0.39 is 0 Å². The molecule has 7 nitrogen and oxygen atoms in total. The minimum absolute atomic E-state index is 0.158. The van der Waals surface area contributed by atoms with Crippen molar-refractivity contribution in [3.8, 4) is 17.0 Å². The fourth-order valence-electron chi connectivity index (χ4n) is 3.95. The van der Waals surface area contributed by atoms with E-state index in [4.69, 9.17) is 14.7 Å². The van der Waals surface area contributed by atoms with Crippen LogP contribution in [0.25, 0.3) is 21.3 Å². The van der Waals surface area contributed by atoms with Gasteiger partial charge >= 0.3 is 0 Å². The molecule has 1 aliphatic carbocycles. The first-order valence-electron chi connectivity index (χ1n) is 10.8. The van der Waals surface area contributed by atoms with Gasteiger partial charge < -0.3 is 20.5 Å². The van der Waals surface area contributed by atoms with Gasteiger partial charge in [0, 0.05) is 23.9 Å². The Morgan fingerprint density at radius 1 is 0.969 bits per heavy atom. The van der Waals surface area contributed by atoms with Crippen molar-refractivity contribution in [1.29, 1.82) is 0 Å². The summed E-state index contributed by atoms with van der Waals surface area (Å²) in [5.74, 6) is 2.20. The van der Waals surface area contributed by atoms with Gasteiger partial charge in [0.05, 0.1) is 23.4 Å². The Morgan fingerprint density at radius 3 is 2.56 bits per heavy atom. The fraction of sp³-hybridized carbons (Fsp3) is 0.292. The van der Waals surface area contributed by atoms with Crippen molar-refractivity contribution in [2.75, 3.05) is 17.7 Å². The van der Waals surface area contributed by atoms with E-state index in [9.17, 15) is 5.11 Å². The lowest BCUT2D eigenvalue weighted by Crippen LogP contribution is -2.28. The van der Waals surface area contributed by atoms with Crippen LogP contribution in [0, 0.1) is 0 Å². The lowest BCUT2D eigenvalue weighted by atomic mass is 9.93. The number of nitrogens with one attached hydrogen (secondary N) is 2. The van der Waals surface area contributed by atoms with Crippen LogP contribution in [0.3, 0.4) is 0 Å². The van der Waals surface area contributed by atoms with Gasteiger partial charge in [-0.1, -0.05) is 23.5 Å². The molecule has 1 fully saturated rings. The maximum Gasteiger partial charge on any atom is 0.212 e. The molecule has 164 valence electrons. The molecule has 8 heteroatoms. The van der Waals surface area contributed by atoms with Crippen LogP contribution >= 0.6 is 11.3 Å². The molecule has 0 unspecified atom stereocenters. The third-order valence-electron chi connectivity index (χ3n) is 5.70. The van der Waals surface area contributed by atoms with Crippen molar-refractivity contribution < 1.29 is 9.84 Å². The van der Waals surface area contributed by atoms with E-state index in [2.05, 4.69) is 27.8 Å². The number of anilines is 3. The summed E-state index contributed by atoms with van der Waals surface area (Å²) in [5, 5.41) is 17.3. The van der Waals surface area contributed by atoms with E-state index in [1.807, 2.05) is 42.6 Å². The lowest BCUT2D eigenvalue weighted by Gasteiger charge is -2.26. The molecular weight excluding hydrogens is 422 g/mol. The predicted molar refractivity (Wildman–Crippen MR) is 129 cm³/mol. The van der Waals surface area contributed by atoms with Crippen molar-refractivity contribution in [3.63, 3.8) is 0 Å². The normalized spacial score (nSPS) is 18.4. The molecule has 0 bridgehead atoms. The Hall–Kier alpha value is -3.23. The largest absolute Gasteiger partial charge is 0.481 e. The molecule has 1 aliphatic rings. The summed E-state index contributed by atoms with van der Waals surface area (Å²) < 4.78 is 6.24. The molecule has 3 N–H and O–H groups in total. The number of benzene rings is 1. The van der Waals surface area contributed by atoms with Crippen LogP contribution in [-0.4, -0.2) is 39.3 Å². The smallest absolute Gasteiger partial charge is 0.212 e. The minimum atomic E-state index is -0.158. The summed E-state index contributed by atoms with van der Waals surface area (Å²) in [4.78, 5) is 13.7. The van der Waals surface area contributed by atoms with Crippen molar-refractivity contribution in [2.45, 2.75) is 37.8 Å². The number of thiazole rings is 1. The summed E-state index contributed by atoms with van der Waals surface area (Å²) >= 11 is 1.59. The lowest BCUT2D eigenvalue weighted by molar-refractivity contribution is 0.126. The summed E-state index contributed by atoms with van der Waals surface area (Å²) in [5.41, 5.74) is 3.06. The molecular formula is C24H25N5O2S. The summed E-state index contributed by atoms with van der Waals surface area (Å²) in [6.45, 7) is 0. The molecule has 3 aromatic heterocycles. The van der Waals surface area contributed by atoms with Gasteiger partial charge in [0.2, 0.25) is 5.88 Å². The predicted octanol–water partition coefficient (Wildman–Crippen LogP) is 5.22. The number of hydrogen-bond acceptors (Lipinski definition) is 8. The fourth-order valence-corrected chi connectivity index (χ4v) is 4.87. The summed E-state index contributed by atoms with van der Waals surface area (Å²) in [6, 6.07) is 16.3. The topological polar surface area (TPSA) is 92.2 Å². The van der Waals surface area contributed by atoms with Crippen LogP contribution in [0.15, 0.2) is 54.7 Å². The quantitative estimate of drug-likeness (QED) is 0.373. The highest BCUT2D eigenvalue weighted by molar-refractivity contribution is 7.22. The van der Waals surface area contributed by atoms with Gasteiger partial charge in [-0.25, -0.2) is 15.0 Å². The third-order valence-corrected chi connectivity index (χ3v) is 6.63. The zero-order valence-corrected chi connectivity index (χ0v) is 18.6. The van der Waals surface area contributed by atoms with Gasteiger partial charge in [-0.2, -0.15) is 0 Å². The summed E-state index contributed by atoms with van der Waals surface area (Å²) in [7, 11) is 1.61. The number of rotatable bonds is 6. The van der Waals surface area contributed by atoms with E-state index in [1.54, 1.807) is 18.4 Å². The van der Waals surface area contributed by atoms with Crippen molar-refractivity contribution in [1.82, 2.24) is 15.0 Å². The second-order valence-corrected chi connectivity index (χ2v) is 9.00. The Kier molecular flexibility index (Phi) is 5.87. The molecule has 0 spiro atoms. The molecule has 1 saturated carbocycles. The van der Waals surface area contributed by atoms with E-state index in [0.717, 1.165) is 63.8 Å². The molecule has 1 aromatic carbocycles. The van der Waals surface area contributed by atoms with Crippen LogP contribution in [0.4, 0.5) is 16.8 Å². The number of fused-ring (bicyclic) bond motifs is 1. The zero-order chi connectivity index (χ0) is 21.9. The molecule has 4 aromatic rings. The van der Waals surface area contributed by atoms with E-state index in [1.165, 1.54) is 0 Å². The van der Waals surface area contributed by atoms with Crippen LogP contribution in [0.2, 0.25) is 0 Å². The number of aromatic nitrogens is 3. The van der Waals surface area contributed by atoms with E-state index in [-0.39, 0.29) is 6.10 Å². The number of hydrogen-bond donors (Lipinski definition) is 3. The number of pyridine rings is 2. The number of nitrogens with zero attached hydrogens (tertiary/aromatic N) is 3. The minimum Gasteiger partial charge on any atom is -0.481 e. The first-order valence-corrected chi connectivity index (χ1v) is 11.6. The Morgan fingerprint density at radius 2 is 1.78 bits per heavy atom. The van der Waals surface area contributed by atoms with Crippen LogP contribution in [-0.2, 0) is 0 Å². The number of ether oxygens (including phenoxy) is 1. The average Bonchev–Trinajstić information content (AvgIpc) is 3.22. The maximum absolute atomic E-state index is 9.70. The van der Waals surface area contributed by atoms with Crippen LogP contribution in [0.1, 0.15) is 25.7 Å². The number of aliphatic hydroxyl groups is 1. The molecule has 32 heavy (non-hydrogen) atoms. The number of methoxy groups -OCH3 is 1. The van der Waals surface area contributed by atoms with Crippen molar-refractivity contribution >= 4 is 38.3 Å². The molecule has 0 radical (unpaired) electrons. The second-order valence-electron chi connectivity index (χ2n) is 7.97. The van der Waals surface area contributed by atoms with Gasteiger partial charge in [-0.3, -0.25) is 0 Å². The van der Waals surface area contributed by atoms with E-state index in [0.29, 0.717) is 11.9 Å². The molecule has 0 atom stereocenters. The molecule has 0 amide bonds. The maximum atomic E-state index is 9.70. The van der Waals surface area contributed by atoms with Gasteiger partial charge in [-0.05, 0) is 61.6 Å². The summed E-state index contributed by atoms with van der Waals surface area (Å²) in [6.07, 6.45) is 5.27. The van der Waals surface area contributed by atoms with Gasteiger partial charge in [0.25, 0.3) is 0 Å². The van der Waals surface area contributed by atoms with Gasteiger partial charge in [0.1, 0.15) is 11.6 Å². The monoisotopic (exact) mass is 447 g/mol. The van der Waals surface area contributed by atoms with E-state index >= 15 is 0 Å². The Bertz CT molecular complexity index is 1200. The first kappa shape index (κ1) is 20.7. The van der Waals surface area contributed by atoms with Crippen molar-refractivity contribution in [2.24, 2.45) is 0 Å². The first-order chi connectivity index (χ1) is 15.7. The highest BCUT2D eigenvalue weighted by Gasteiger charge is 2.19. The van der Waals surface area contributed by atoms with Crippen molar-refractivity contribution in [3.05, 3.63) is 54.7 Å². The second kappa shape index (κ2) is 9.10. The van der Waals surface area contributed by atoms with Gasteiger partial charge in [0.15, 0.2) is 5.13 Å². The molecule has 3 heterocycles. The molecule has 0 saturated heterocycles. The van der Waals surface area contributed by atoms with Gasteiger partial charge in [-0.15, -0.1) is 0 Å². The Balaban J connectivity index is 1.31. The number of aliphatic hydroxyl groups excluding tert-OH is 1. The molecule has 5 rings (SSSR count).